The van der Waals surface area contributed by atoms with E-state index in [1.54, 1.807) is 0 Å². The Bertz CT molecular complexity index is 317. The Balaban J connectivity index is 3.88. The number of hydrogen-bond donors (Lipinski definition) is 3. The number of aliphatic hydroxyl groups is 1. The summed E-state index contributed by atoms with van der Waals surface area (Å²) in [6.45, 7) is 1.78. The van der Waals surface area contributed by atoms with Gasteiger partial charge in [0.05, 0.1) is 6.42 Å². The van der Waals surface area contributed by atoms with Gasteiger partial charge in [-0.15, -0.1) is 0 Å². The zero-order chi connectivity index (χ0) is 15.4. The Morgan fingerprint density at radius 1 is 1.10 bits per heavy atom. The van der Waals surface area contributed by atoms with E-state index < -0.39 is 17.9 Å². The molecule has 0 radical (unpaired) electrons. The molecule has 0 saturated carbocycles. The molecule has 0 spiro atoms. The number of aliphatic hydroxyl groups excluding tert-OH is 1. The second-order valence-corrected chi connectivity index (χ2v) is 4.85. The summed E-state index contributed by atoms with van der Waals surface area (Å²) >= 11 is 0. The van der Waals surface area contributed by atoms with E-state index in [0.29, 0.717) is 6.42 Å². The summed E-state index contributed by atoms with van der Waals surface area (Å²) < 4.78 is 0. The average Bonchev–Trinajstić information content (AvgIpc) is 2.37. The highest BCUT2D eigenvalue weighted by Gasteiger charge is 2.20. The molecule has 0 aromatic heterocycles. The van der Waals surface area contributed by atoms with Gasteiger partial charge in [0.15, 0.2) is 0 Å². The van der Waals surface area contributed by atoms with Crippen LogP contribution in [0, 0.1) is 0 Å². The number of carbonyl (C=O) groups excluding carboxylic acids is 2. The Kier molecular flexibility index (Phi) is 10.6. The van der Waals surface area contributed by atoms with Gasteiger partial charge in [0, 0.05) is 19.4 Å². The second-order valence-electron chi connectivity index (χ2n) is 4.85. The van der Waals surface area contributed by atoms with Crippen LogP contribution < -0.4 is 5.32 Å². The molecule has 20 heavy (non-hydrogen) atoms. The van der Waals surface area contributed by atoms with Crippen molar-refractivity contribution in [2.75, 3.05) is 6.61 Å². The summed E-state index contributed by atoms with van der Waals surface area (Å²) in [6, 6.07) is -1.13. The lowest BCUT2D eigenvalue weighted by Gasteiger charge is -2.12. The standard InChI is InChI=1S/C14H25NO5/c1-2-3-4-5-6-7-11(17)10-13(18)15-12(8-9-16)14(19)20/h12,16H,2-10H2,1H3,(H,15,18)(H,19,20). The van der Waals surface area contributed by atoms with Crippen molar-refractivity contribution in [1.82, 2.24) is 5.32 Å². The number of Topliss-reactive ketones (excluding diaryl/α,β-unsaturated/α-hetero) is 1. The molecule has 0 rings (SSSR count). The van der Waals surface area contributed by atoms with Crippen LogP contribution in [-0.2, 0) is 14.4 Å². The topological polar surface area (TPSA) is 104 Å². The number of carbonyl (C=O) groups is 3. The number of aliphatic carboxylic acids is 1. The van der Waals surface area contributed by atoms with Crippen molar-refractivity contribution < 1.29 is 24.6 Å². The van der Waals surface area contributed by atoms with Crippen LogP contribution in [-0.4, -0.2) is 40.5 Å². The molecule has 1 amide bonds. The molecule has 0 aromatic carbocycles. The van der Waals surface area contributed by atoms with Gasteiger partial charge in [-0.05, 0) is 6.42 Å². The molecule has 3 N–H and O–H groups in total. The first-order valence-electron chi connectivity index (χ1n) is 7.16. The van der Waals surface area contributed by atoms with E-state index in [1.165, 1.54) is 0 Å². The number of rotatable bonds is 12. The Hall–Kier alpha value is -1.43. The molecule has 0 aliphatic carbocycles. The highest BCUT2D eigenvalue weighted by atomic mass is 16.4. The third-order valence-electron chi connectivity index (χ3n) is 2.97. The normalized spacial score (nSPS) is 11.9. The van der Waals surface area contributed by atoms with Gasteiger partial charge >= 0.3 is 5.97 Å². The summed E-state index contributed by atoms with van der Waals surface area (Å²) in [4.78, 5) is 33.8. The van der Waals surface area contributed by atoms with Gasteiger partial charge < -0.3 is 15.5 Å². The van der Waals surface area contributed by atoms with Gasteiger partial charge in [-0.25, -0.2) is 4.79 Å². The molecule has 6 nitrogen and oxygen atoms in total. The third kappa shape index (κ3) is 9.49. The van der Waals surface area contributed by atoms with E-state index in [-0.39, 0.29) is 25.2 Å². The van der Waals surface area contributed by atoms with E-state index in [0.717, 1.165) is 32.1 Å². The number of ketones is 1. The Labute approximate surface area is 119 Å². The van der Waals surface area contributed by atoms with Crippen LogP contribution in [0.5, 0.6) is 0 Å². The molecule has 0 fully saturated rings. The largest absolute Gasteiger partial charge is 0.480 e. The van der Waals surface area contributed by atoms with Crippen LogP contribution in [0.2, 0.25) is 0 Å². The molecule has 0 heterocycles. The fourth-order valence-corrected chi connectivity index (χ4v) is 1.83. The monoisotopic (exact) mass is 287 g/mol. The lowest BCUT2D eigenvalue weighted by atomic mass is 10.1. The fourth-order valence-electron chi connectivity index (χ4n) is 1.83. The van der Waals surface area contributed by atoms with Crippen LogP contribution in [0.3, 0.4) is 0 Å². The van der Waals surface area contributed by atoms with Crippen molar-refractivity contribution in [3.05, 3.63) is 0 Å². The summed E-state index contributed by atoms with van der Waals surface area (Å²) in [7, 11) is 0. The zero-order valence-electron chi connectivity index (χ0n) is 12.1. The van der Waals surface area contributed by atoms with Crippen LogP contribution >= 0.6 is 0 Å². The molecule has 0 aliphatic heterocycles. The van der Waals surface area contributed by atoms with Crippen molar-refractivity contribution in [3.8, 4) is 0 Å². The minimum Gasteiger partial charge on any atom is -0.480 e. The third-order valence-corrected chi connectivity index (χ3v) is 2.97. The van der Waals surface area contributed by atoms with Gasteiger partial charge in [-0.1, -0.05) is 32.6 Å². The molecule has 0 aromatic rings. The minimum absolute atomic E-state index is 0.0632. The predicted molar refractivity (Wildman–Crippen MR) is 74.3 cm³/mol. The molecule has 0 bridgehead atoms. The molecule has 0 saturated heterocycles. The summed E-state index contributed by atoms with van der Waals surface area (Å²) in [5.74, 6) is -1.98. The molecular formula is C14H25NO5. The van der Waals surface area contributed by atoms with Crippen molar-refractivity contribution in [3.63, 3.8) is 0 Å². The maximum Gasteiger partial charge on any atom is 0.326 e. The van der Waals surface area contributed by atoms with Gasteiger partial charge in [0.25, 0.3) is 0 Å². The first-order valence-corrected chi connectivity index (χ1v) is 7.16. The number of nitrogens with one attached hydrogen (secondary N) is 1. The second kappa shape index (κ2) is 11.4. The van der Waals surface area contributed by atoms with Crippen molar-refractivity contribution >= 4 is 17.7 Å². The number of unbranched alkanes of at least 4 members (excludes halogenated alkanes) is 4. The van der Waals surface area contributed by atoms with E-state index >= 15 is 0 Å². The first-order chi connectivity index (χ1) is 9.51. The lowest BCUT2D eigenvalue weighted by molar-refractivity contribution is -0.143. The lowest BCUT2D eigenvalue weighted by Crippen LogP contribution is -2.42. The zero-order valence-corrected chi connectivity index (χ0v) is 12.1. The molecular weight excluding hydrogens is 262 g/mol. The summed E-state index contributed by atoms with van der Waals surface area (Å²) in [5.41, 5.74) is 0. The fraction of sp³-hybridized carbons (Fsp3) is 0.786. The highest BCUT2D eigenvalue weighted by molar-refractivity contribution is 5.99. The van der Waals surface area contributed by atoms with E-state index in [4.69, 9.17) is 10.2 Å². The number of hydrogen-bond acceptors (Lipinski definition) is 4. The highest BCUT2D eigenvalue weighted by Crippen LogP contribution is 2.06. The van der Waals surface area contributed by atoms with Crippen molar-refractivity contribution in [2.24, 2.45) is 0 Å². The summed E-state index contributed by atoms with van der Waals surface area (Å²) in [5, 5.41) is 19.7. The minimum atomic E-state index is -1.21. The van der Waals surface area contributed by atoms with E-state index in [2.05, 4.69) is 12.2 Å². The SMILES string of the molecule is CCCCCCCC(=O)CC(=O)NC(CCO)C(=O)O. The van der Waals surface area contributed by atoms with Crippen LogP contribution in [0.25, 0.3) is 0 Å². The predicted octanol–water partition coefficient (Wildman–Crippen LogP) is 1.26. The van der Waals surface area contributed by atoms with Crippen LogP contribution in [0.4, 0.5) is 0 Å². The van der Waals surface area contributed by atoms with Crippen molar-refractivity contribution in [1.29, 1.82) is 0 Å². The average molecular weight is 287 g/mol. The van der Waals surface area contributed by atoms with Gasteiger partial charge in [0.1, 0.15) is 11.8 Å². The number of carboxylic acids is 1. The van der Waals surface area contributed by atoms with E-state index in [1.807, 2.05) is 0 Å². The molecule has 1 unspecified atom stereocenters. The number of carboxylic acid groups (broad SMARTS) is 1. The maximum absolute atomic E-state index is 11.5. The van der Waals surface area contributed by atoms with Gasteiger partial charge in [-0.3, -0.25) is 9.59 Å². The molecule has 0 aliphatic rings. The van der Waals surface area contributed by atoms with Gasteiger partial charge in [0.2, 0.25) is 5.91 Å². The maximum atomic E-state index is 11.5. The molecule has 1 atom stereocenters. The molecule has 6 heteroatoms. The number of amides is 1. The summed E-state index contributed by atoms with van der Waals surface area (Å²) in [6.07, 6.45) is 5.13. The van der Waals surface area contributed by atoms with Gasteiger partial charge in [-0.2, -0.15) is 0 Å². The van der Waals surface area contributed by atoms with E-state index in [9.17, 15) is 14.4 Å². The smallest absolute Gasteiger partial charge is 0.326 e. The Morgan fingerprint density at radius 3 is 2.30 bits per heavy atom. The Morgan fingerprint density at radius 2 is 1.75 bits per heavy atom. The first kappa shape index (κ1) is 18.6. The van der Waals surface area contributed by atoms with Crippen LogP contribution in [0.1, 0.15) is 58.3 Å². The molecule has 116 valence electrons. The van der Waals surface area contributed by atoms with Crippen molar-refractivity contribution in [2.45, 2.75) is 64.3 Å². The quantitative estimate of drug-likeness (QED) is 0.370. The van der Waals surface area contributed by atoms with Crippen LogP contribution in [0.15, 0.2) is 0 Å².